The van der Waals surface area contributed by atoms with Crippen molar-refractivity contribution in [3.63, 3.8) is 0 Å². The van der Waals surface area contributed by atoms with Crippen molar-refractivity contribution >= 4 is 0 Å². The predicted molar refractivity (Wildman–Crippen MR) is 162 cm³/mol. The van der Waals surface area contributed by atoms with Gasteiger partial charge in [-0.25, -0.2) is 0 Å². The standard InChI is InChI=1S/C34H72N/c1-6-9-12-15-18-21-24-27-30-35(33-34(4)5,31-28-25-22-19-16-13-10-7-2)32-29-26-23-20-17-14-11-8-3/h34H,6-33H2,1-5H3/q+1. The Balaban J connectivity index is 4.53. The summed E-state index contributed by atoms with van der Waals surface area (Å²) < 4.78 is 1.44. The summed E-state index contributed by atoms with van der Waals surface area (Å²) in [6.07, 6.45) is 34.8. The van der Waals surface area contributed by atoms with Gasteiger partial charge in [0.2, 0.25) is 0 Å². The Morgan fingerprint density at radius 1 is 0.343 bits per heavy atom. The van der Waals surface area contributed by atoms with Crippen LogP contribution in [0.5, 0.6) is 0 Å². The maximum atomic E-state index is 2.47. The molecule has 35 heavy (non-hydrogen) atoms. The van der Waals surface area contributed by atoms with Crippen molar-refractivity contribution in [2.45, 2.75) is 189 Å². The zero-order chi connectivity index (χ0) is 25.9. The molecule has 1 nitrogen and oxygen atoms in total. The minimum absolute atomic E-state index is 0.826. The van der Waals surface area contributed by atoms with E-state index in [1.54, 1.807) is 0 Å². The van der Waals surface area contributed by atoms with Crippen LogP contribution >= 0.6 is 0 Å². The molecule has 0 spiro atoms. The quantitative estimate of drug-likeness (QED) is 0.0716. The van der Waals surface area contributed by atoms with Crippen LogP contribution in [0.1, 0.15) is 189 Å². The van der Waals surface area contributed by atoms with Gasteiger partial charge in [-0.1, -0.05) is 150 Å². The Bertz CT molecular complexity index is 338. The van der Waals surface area contributed by atoms with Crippen LogP contribution in [0.15, 0.2) is 0 Å². The Morgan fingerprint density at radius 2 is 0.571 bits per heavy atom. The lowest BCUT2D eigenvalue weighted by Crippen LogP contribution is -2.52. The molecule has 0 saturated carbocycles. The third-order valence-electron chi connectivity index (χ3n) is 8.21. The first kappa shape index (κ1) is 35.0. The average molecular weight is 495 g/mol. The maximum Gasteiger partial charge on any atom is 0.0809 e. The molecule has 0 aliphatic heterocycles. The molecule has 1 heteroatoms. The summed E-state index contributed by atoms with van der Waals surface area (Å²) in [6, 6.07) is 0. The monoisotopic (exact) mass is 495 g/mol. The lowest BCUT2D eigenvalue weighted by atomic mass is 10.0. The fraction of sp³-hybridized carbons (Fsp3) is 1.00. The van der Waals surface area contributed by atoms with Crippen LogP contribution in [0.2, 0.25) is 0 Å². The molecule has 0 unspecified atom stereocenters. The van der Waals surface area contributed by atoms with Gasteiger partial charge in [-0.05, 0) is 38.5 Å². The van der Waals surface area contributed by atoms with Gasteiger partial charge in [-0.15, -0.1) is 0 Å². The summed E-state index contributed by atoms with van der Waals surface area (Å²) in [6.45, 7) is 17.7. The van der Waals surface area contributed by atoms with Crippen molar-refractivity contribution in [3.8, 4) is 0 Å². The topological polar surface area (TPSA) is 0 Å². The Labute approximate surface area is 225 Å². The third kappa shape index (κ3) is 24.1. The van der Waals surface area contributed by atoms with Crippen LogP contribution in [0.4, 0.5) is 0 Å². The van der Waals surface area contributed by atoms with Gasteiger partial charge >= 0.3 is 0 Å². The number of unbranched alkanes of at least 4 members (excludes halogenated alkanes) is 21. The molecular formula is C34H72N+. The van der Waals surface area contributed by atoms with Crippen molar-refractivity contribution in [3.05, 3.63) is 0 Å². The van der Waals surface area contributed by atoms with E-state index in [0.29, 0.717) is 0 Å². The van der Waals surface area contributed by atoms with Gasteiger partial charge in [0.15, 0.2) is 0 Å². The van der Waals surface area contributed by atoms with Crippen LogP contribution in [-0.4, -0.2) is 30.7 Å². The largest absolute Gasteiger partial charge is 0.323 e. The Morgan fingerprint density at radius 3 is 0.800 bits per heavy atom. The molecule has 0 saturated heterocycles. The van der Waals surface area contributed by atoms with Crippen LogP contribution in [0.3, 0.4) is 0 Å². The van der Waals surface area contributed by atoms with Crippen molar-refractivity contribution in [2.24, 2.45) is 5.92 Å². The first-order valence-corrected chi connectivity index (χ1v) is 16.9. The molecule has 0 fully saturated rings. The highest BCUT2D eigenvalue weighted by Crippen LogP contribution is 2.21. The highest BCUT2D eigenvalue weighted by molar-refractivity contribution is 4.56. The van der Waals surface area contributed by atoms with Crippen molar-refractivity contribution < 1.29 is 4.48 Å². The smallest absolute Gasteiger partial charge is 0.0809 e. The van der Waals surface area contributed by atoms with Crippen LogP contribution in [-0.2, 0) is 0 Å². The van der Waals surface area contributed by atoms with Gasteiger partial charge in [0, 0.05) is 5.92 Å². The minimum Gasteiger partial charge on any atom is -0.323 e. The molecule has 0 aliphatic carbocycles. The number of hydrogen-bond acceptors (Lipinski definition) is 0. The van der Waals surface area contributed by atoms with Crippen molar-refractivity contribution in [2.75, 3.05) is 26.2 Å². The lowest BCUT2D eigenvalue weighted by molar-refractivity contribution is -0.931. The predicted octanol–water partition coefficient (Wildman–Crippen LogP) is 11.9. The summed E-state index contributed by atoms with van der Waals surface area (Å²) in [5.41, 5.74) is 0. The molecule has 212 valence electrons. The van der Waals surface area contributed by atoms with E-state index in [2.05, 4.69) is 34.6 Å². The Kier molecular flexibility index (Phi) is 27.0. The zero-order valence-corrected chi connectivity index (χ0v) is 25.8. The molecule has 0 aromatic rings. The summed E-state index contributed by atoms with van der Waals surface area (Å²) in [4.78, 5) is 0. The van der Waals surface area contributed by atoms with Crippen LogP contribution in [0, 0.1) is 5.92 Å². The first-order chi connectivity index (χ1) is 17.1. The molecule has 0 atom stereocenters. The highest BCUT2D eigenvalue weighted by atomic mass is 15.3. The first-order valence-electron chi connectivity index (χ1n) is 16.9. The fourth-order valence-corrected chi connectivity index (χ4v) is 6.13. The molecule has 0 aliphatic rings. The third-order valence-corrected chi connectivity index (χ3v) is 8.21. The van der Waals surface area contributed by atoms with Crippen LogP contribution in [0.25, 0.3) is 0 Å². The fourth-order valence-electron chi connectivity index (χ4n) is 6.13. The second kappa shape index (κ2) is 27.0. The Hall–Kier alpha value is -0.0400. The van der Waals surface area contributed by atoms with Crippen molar-refractivity contribution in [1.29, 1.82) is 0 Å². The summed E-state index contributed by atoms with van der Waals surface area (Å²) in [5.74, 6) is 0.826. The summed E-state index contributed by atoms with van der Waals surface area (Å²) in [5, 5.41) is 0. The van der Waals surface area contributed by atoms with E-state index in [0.717, 1.165) is 5.92 Å². The van der Waals surface area contributed by atoms with E-state index in [9.17, 15) is 0 Å². The minimum atomic E-state index is 0.826. The van der Waals surface area contributed by atoms with E-state index >= 15 is 0 Å². The summed E-state index contributed by atoms with van der Waals surface area (Å²) >= 11 is 0. The molecule has 0 bridgehead atoms. The maximum absolute atomic E-state index is 2.47. The van der Waals surface area contributed by atoms with Gasteiger partial charge in [-0.2, -0.15) is 0 Å². The molecular weight excluding hydrogens is 422 g/mol. The molecule has 0 aromatic carbocycles. The van der Waals surface area contributed by atoms with E-state index < -0.39 is 0 Å². The number of rotatable bonds is 29. The molecule has 0 heterocycles. The average Bonchev–Trinajstić information content (AvgIpc) is 2.83. The van der Waals surface area contributed by atoms with Gasteiger partial charge in [0.05, 0.1) is 26.2 Å². The van der Waals surface area contributed by atoms with Gasteiger partial charge in [-0.3, -0.25) is 0 Å². The number of hydrogen-bond donors (Lipinski definition) is 0. The normalized spacial score (nSPS) is 12.2. The van der Waals surface area contributed by atoms with Crippen LogP contribution < -0.4 is 0 Å². The van der Waals surface area contributed by atoms with E-state index in [4.69, 9.17) is 0 Å². The van der Waals surface area contributed by atoms with E-state index in [1.165, 1.54) is 185 Å². The van der Waals surface area contributed by atoms with Gasteiger partial charge in [0.25, 0.3) is 0 Å². The number of nitrogens with zero attached hydrogens (tertiary/aromatic N) is 1. The lowest BCUT2D eigenvalue weighted by Gasteiger charge is -2.41. The molecule has 0 N–H and O–H groups in total. The summed E-state index contributed by atoms with van der Waals surface area (Å²) in [7, 11) is 0. The second-order valence-electron chi connectivity index (χ2n) is 12.5. The van der Waals surface area contributed by atoms with E-state index in [-0.39, 0.29) is 0 Å². The molecule has 0 amide bonds. The van der Waals surface area contributed by atoms with E-state index in [1.807, 2.05) is 0 Å². The highest BCUT2D eigenvalue weighted by Gasteiger charge is 2.27. The van der Waals surface area contributed by atoms with Gasteiger partial charge in [0.1, 0.15) is 0 Å². The zero-order valence-electron chi connectivity index (χ0n) is 25.8. The van der Waals surface area contributed by atoms with Crippen molar-refractivity contribution in [1.82, 2.24) is 0 Å². The molecule has 0 aromatic heterocycles. The van der Waals surface area contributed by atoms with Gasteiger partial charge < -0.3 is 4.48 Å². The SMILES string of the molecule is CCCCCCCCCC[N+](CCCCCCCCCC)(CCCCCCCCCC)CC(C)C. The number of quaternary nitrogens is 1. The molecule has 0 rings (SSSR count). The second-order valence-corrected chi connectivity index (χ2v) is 12.5. The molecule has 0 radical (unpaired) electrons.